The number of anilines is 1. The molecule has 1 saturated heterocycles. The first-order chi connectivity index (χ1) is 22.5. The average molecular weight is 680 g/mol. The molecule has 0 unspecified atom stereocenters. The predicted octanol–water partition coefficient (Wildman–Crippen LogP) is 3.21. The molecular formula is C33H32Cl2N6O6. The molecule has 0 spiro atoms. The lowest BCUT2D eigenvalue weighted by Gasteiger charge is -2.22. The van der Waals surface area contributed by atoms with Crippen molar-refractivity contribution >= 4 is 40.7 Å². The van der Waals surface area contributed by atoms with Gasteiger partial charge in [-0.25, -0.2) is 9.78 Å². The van der Waals surface area contributed by atoms with Crippen LogP contribution in [0.5, 0.6) is 5.88 Å². The zero-order valence-corrected chi connectivity index (χ0v) is 27.3. The Morgan fingerprint density at radius 2 is 1.79 bits per heavy atom. The fraction of sp³-hybridized carbons (Fsp3) is 0.303. The van der Waals surface area contributed by atoms with E-state index in [1.807, 2.05) is 18.2 Å². The zero-order valence-electron chi connectivity index (χ0n) is 25.8. The Balaban J connectivity index is 1.31. The number of amides is 2. The molecule has 1 aliphatic heterocycles. The first kappa shape index (κ1) is 32.5. The summed E-state index contributed by atoms with van der Waals surface area (Å²) in [6.45, 7) is 0.508. The standard InChI is InChI=1S/C33H32Cl2N6O6/c1-40-15-21(32(45)41(2)33(40)46)30(44)38-22-9-5-7-19(28(22)35)18-6-4-8-20(27(18)34)23-12-16-13-24(42)29(26(16)31(39-23)47-3)36-14-17-10-11-25(43)37-17/h4-9,12,15,17,24,29,36,42H,10-11,13-14H2,1-3H3,(H,37,43)(H,38,44)/t17-,24+,29-/m0/s1. The van der Waals surface area contributed by atoms with Crippen LogP contribution in [0.2, 0.25) is 10.0 Å². The van der Waals surface area contributed by atoms with E-state index in [0.29, 0.717) is 52.7 Å². The van der Waals surface area contributed by atoms with Crippen molar-refractivity contribution in [2.45, 2.75) is 37.5 Å². The fourth-order valence-electron chi connectivity index (χ4n) is 6.18. The lowest BCUT2D eigenvalue weighted by atomic mass is 9.99. The van der Waals surface area contributed by atoms with E-state index in [1.165, 1.54) is 27.4 Å². The van der Waals surface area contributed by atoms with Crippen molar-refractivity contribution < 1.29 is 19.4 Å². The number of aryl methyl sites for hydroxylation is 1. The molecule has 2 aliphatic rings. The maximum absolute atomic E-state index is 13.1. The molecule has 0 bridgehead atoms. The van der Waals surface area contributed by atoms with Crippen molar-refractivity contribution in [1.29, 1.82) is 0 Å². The third-order valence-corrected chi connectivity index (χ3v) is 9.41. The number of carbonyl (C=O) groups excluding carboxylic acids is 2. The fourth-order valence-corrected chi connectivity index (χ4v) is 6.78. The van der Waals surface area contributed by atoms with Gasteiger partial charge in [0.15, 0.2) is 0 Å². The molecule has 3 heterocycles. The number of carbonyl (C=O) groups is 2. The number of fused-ring (bicyclic) bond motifs is 1. The molecule has 47 heavy (non-hydrogen) atoms. The Morgan fingerprint density at radius 3 is 2.49 bits per heavy atom. The molecule has 1 fully saturated rings. The van der Waals surface area contributed by atoms with E-state index >= 15 is 0 Å². The van der Waals surface area contributed by atoms with Crippen molar-refractivity contribution in [2.75, 3.05) is 19.0 Å². The Hall–Kier alpha value is -4.49. The van der Waals surface area contributed by atoms with Crippen LogP contribution >= 0.6 is 23.2 Å². The number of hydrogen-bond donors (Lipinski definition) is 4. The number of hydrogen-bond acceptors (Lipinski definition) is 8. The lowest BCUT2D eigenvalue weighted by molar-refractivity contribution is -0.119. The van der Waals surface area contributed by atoms with E-state index in [1.54, 1.807) is 24.3 Å². The van der Waals surface area contributed by atoms with Gasteiger partial charge < -0.3 is 30.4 Å². The van der Waals surface area contributed by atoms with Crippen molar-refractivity contribution in [2.24, 2.45) is 14.1 Å². The SMILES string of the molecule is COc1nc(-c2cccc(-c3cccc(NC(=O)c4cn(C)c(=O)n(C)c4=O)c3Cl)c2Cl)cc2c1[C@@H](NC[C@@H]1CCC(=O)N1)[C@H](O)C2. The molecule has 2 aromatic heterocycles. The topological polar surface area (TPSA) is 157 Å². The molecule has 4 aromatic rings. The highest BCUT2D eigenvalue weighted by Gasteiger charge is 2.36. The highest BCUT2D eigenvalue weighted by Crippen LogP contribution is 2.44. The van der Waals surface area contributed by atoms with Crippen molar-refractivity contribution in [1.82, 2.24) is 24.8 Å². The minimum Gasteiger partial charge on any atom is -0.481 e. The maximum atomic E-state index is 13.1. The molecule has 2 amide bonds. The van der Waals surface area contributed by atoms with Crippen LogP contribution in [0.15, 0.2) is 58.3 Å². The van der Waals surface area contributed by atoms with Gasteiger partial charge in [0, 0.05) is 68.0 Å². The molecule has 14 heteroatoms. The molecule has 1 aliphatic carbocycles. The molecule has 12 nitrogen and oxygen atoms in total. The number of benzene rings is 2. The summed E-state index contributed by atoms with van der Waals surface area (Å²) in [5.41, 5.74) is 2.59. The summed E-state index contributed by atoms with van der Waals surface area (Å²) in [5.74, 6) is -0.341. The Kier molecular flexibility index (Phi) is 8.95. The van der Waals surface area contributed by atoms with Gasteiger partial charge in [-0.15, -0.1) is 0 Å². The van der Waals surface area contributed by atoms with Gasteiger partial charge in [0.2, 0.25) is 11.8 Å². The predicted molar refractivity (Wildman–Crippen MR) is 178 cm³/mol. The van der Waals surface area contributed by atoms with E-state index in [2.05, 4.69) is 16.0 Å². The number of aliphatic hydroxyl groups is 1. The van der Waals surface area contributed by atoms with Gasteiger partial charge in [0.1, 0.15) is 5.56 Å². The number of halogens is 2. The number of pyridine rings is 1. The van der Waals surface area contributed by atoms with E-state index in [9.17, 15) is 24.3 Å². The number of aliphatic hydroxyl groups excluding tert-OH is 1. The highest BCUT2D eigenvalue weighted by molar-refractivity contribution is 6.39. The third kappa shape index (κ3) is 6.05. The van der Waals surface area contributed by atoms with Crippen LogP contribution in [0, 0.1) is 0 Å². The third-order valence-electron chi connectivity index (χ3n) is 8.60. The molecule has 0 saturated carbocycles. The second-order valence-electron chi connectivity index (χ2n) is 11.6. The van der Waals surface area contributed by atoms with Crippen LogP contribution in [0.3, 0.4) is 0 Å². The first-order valence-corrected chi connectivity index (χ1v) is 15.7. The van der Waals surface area contributed by atoms with Crippen molar-refractivity contribution in [3.05, 3.63) is 96.2 Å². The monoisotopic (exact) mass is 678 g/mol. The summed E-state index contributed by atoms with van der Waals surface area (Å²) in [6.07, 6.45) is 2.07. The Labute approximate surface area is 279 Å². The van der Waals surface area contributed by atoms with Gasteiger partial charge >= 0.3 is 5.69 Å². The van der Waals surface area contributed by atoms with Gasteiger partial charge in [-0.2, -0.15) is 0 Å². The molecule has 4 N–H and O–H groups in total. The van der Waals surface area contributed by atoms with Gasteiger partial charge in [-0.05, 0) is 24.1 Å². The normalized spacial score (nSPS) is 18.6. The van der Waals surface area contributed by atoms with E-state index in [4.69, 9.17) is 32.9 Å². The lowest BCUT2D eigenvalue weighted by Crippen LogP contribution is -2.40. The minimum absolute atomic E-state index is 0.00177. The second kappa shape index (κ2) is 13.0. The van der Waals surface area contributed by atoms with Gasteiger partial charge in [0.25, 0.3) is 11.5 Å². The van der Waals surface area contributed by atoms with Crippen LogP contribution in [0.25, 0.3) is 22.4 Å². The molecule has 0 radical (unpaired) electrons. The summed E-state index contributed by atoms with van der Waals surface area (Å²) in [7, 11) is 4.27. The maximum Gasteiger partial charge on any atom is 0.330 e. The van der Waals surface area contributed by atoms with E-state index in [-0.39, 0.29) is 28.2 Å². The van der Waals surface area contributed by atoms with Crippen molar-refractivity contribution in [3.8, 4) is 28.3 Å². The summed E-state index contributed by atoms with van der Waals surface area (Å²) in [5, 5.41) is 20.5. The average Bonchev–Trinajstić information content (AvgIpc) is 3.62. The molecule has 6 rings (SSSR count). The molecular weight excluding hydrogens is 647 g/mol. The van der Waals surface area contributed by atoms with Crippen LogP contribution in [0.1, 0.15) is 40.4 Å². The number of nitrogens with one attached hydrogen (secondary N) is 3. The van der Waals surface area contributed by atoms with Gasteiger partial charge in [-0.3, -0.25) is 19.0 Å². The minimum atomic E-state index is -0.733. The smallest absolute Gasteiger partial charge is 0.330 e. The number of aromatic nitrogens is 3. The van der Waals surface area contributed by atoms with E-state index < -0.39 is 29.3 Å². The van der Waals surface area contributed by atoms with Crippen molar-refractivity contribution in [3.63, 3.8) is 0 Å². The van der Waals surface area contributed by atoms with Gasteiger partial charge in [-0.1, -0.05) is 53.5 Å². The Bertz CT molecular complexity index is 2040. The molecule has 2 aromatic carbocycles. The van der Waals surface area contributed by atoms with Crippen LogP contribution in [0.4, 0.5) is 5.69 Å². The zero-order chi connectivity index (χ0) is 33.6. The highest BCUT2D eigenvalue weighted by atomic mass is 35.5. The number of ether oxygens (including phenoxy) is 1. The summed E-state index contributed by atoms with van der Waals surface area (Å²) >= 11 is 13.8. The van der Waals surface area contributed by atoms with Crippen LogP contribution < -0.4 is 31.9 Å². The number of rotatable bonds is 8. The quantitative estimate of drug-likeness (QED) is 0.221. The summed E-state index contributed by atoms with van der Waals surface area (Å²) in [6, 6.07) is 11.9. The largest absolute Gasteiger partial charge is 0.481 e. The first-order valence-electron chi connectivity index (χ1n) is 14.9. The summed E-state index contributed by atoms with van der Waals surface area (Å²) < 4.78 is 7.71. The van der Waals surface area contributed by atoms with Crippen LogP contribution in [-0.2, 0) is 25.3 Å². The van der Waals surface area contributed by atoms with Gasteiger partial charge in [0.05, 0.1) is 40.7 Å². The summed E-state index contributed by atoms with van der Waals surface area (Å²) in [4.78, 5) is 54.2. The number of methoxy groups -OCH3 is 1. The van der Waals surface area contributed by atoms with Crippen LogP contribution in [-0.4, -0.2) is 56.8 Å². The Morgan fingerprint density at radius 1 is 1.09 bits per heavy atom. The molecule has 3 atom stereocenters. The number of nitrogens with zero attached hydrogens (tertiary/aromatic N) is 3. The molecule has 244 valence electrons. The van der Waals surface area contributed by atoms with E-state index in [0.717, 1.165) is 26.7 Å². The second-order valence-corrected chi connectivity index (χ2v) is 12.4.